The van der Waals surface area contributed by atoms with E-state index in [0.717, 1.165) is 36.1 Å². The average Bonchev–Trinajstić information content (AvgIpc) is 3.06. The number of carbonyl (C=O) groups is 1. The van der Waals surface area contributed by atoms with Crippen LogP contribution < -0.4 is 10.9 Å². The monoisotopic (exact) mass is 343 g/mol. The molecule has 1 N–H and O–H groups in total. The van der Waals surface area contributed by atoms with E-state index >= 15 is 0 Å². The molecular formula is C18H21N3O2S. The molecule has 1 aromatic carbocycles. The van der Waals surface area contributed by atoms with E-state index in [1.165, 1.54) is 16.3 Å². The zero-order valence-corrected chi connectivity index (χ0v) is 14.7. The van der Waals surface area contributed by atoms with Crippen molar-refractivity contribution >= 4 is 17.7 Å². The van der Waals surface area contributed by atoms with Gasteiger partial charge in [-0.05, 0) is 38.0 Å². The molecule has 1 amide bonds. The number of nitrogens with zero attached hydrogens (tertiary/aromatic N) is 2. The molecule has 0 bridgehead atoms. The Bertz CT molecular complexity index is 802. The molecule has 126 valence electrons. The molecule has 3 rings (SSSR count). The third-order valence-electron chi connectivity index (χ3n) is 4.31. The summed E-state index contributed by atoms with van der Waals surface area (Å²) in [6.07, 6.45) is 4.46. The van der Waals surface area contributed by atoms with Gasteiger partial charge in [0.25, 0.3) is 5.56 Å². The van der Waals surface area contributed by atoms with Crippen molar-refractivity contribution in [3.63, 3.8) is 0 Å². The van der Waals surface area contributed by atoms with Crippen LogP contribution in [-0.2, 0) is 24.2 Å². The lowest BCUT2D eigenvalue weighted by Gasteiger charge is -2.16. The van der Waals surface area contributed by atoms with Crippen molar-refractivity contribution in [2.75, 3.05) is 6.26 Å². The molecule has 0 spiro atoms. The fourth-order valence-corrected chi connectivity index (χ4v) is 3.63. The largest absolute Gasteiger partial charge is 0.348 e. The van der Waals surface area contributed by atoms with Gasteiger partial charge in [0.15, 0.2) is 5.16 Å². The van der Waals surface area contributed by atoms with Crippen LogP contribution in [0.1, 0.15) is 36.2 Å². The first-order chi connectivity index (χ1) is 11.6. The van der Waals surface area contributed by atoms with E-state index in [-0.39, 0.29) is 24.1 Å². The predicted octanol–water partition coefficient (Wildman–Crippen LogP) is 2.33. The topological polar surface area (TPSA) is 64.0 Å². The first-order valence-corrected chi connectivity index (χ1v) is 9.33. The van der Waals surface area contributed by atoms with Crippen molar-refractivity contribution < 1.29 is 4.79 Å². The Kier molecular flexibility index (Phi) is 5.04. The standard InChI is InChI=1S/C18H21N3O2S/c1-12(13-7-4-3-5-8-13)19-16(22)11-21-17(23)14-9-6-10-15(14)20-18(21)24-2/h3-5,7-8,12H,6,9-11H2,1-2H3,(H,19,22)/t12-/m1/s1. The molecule has 0 saturated heterocycles. The minimum atomic E-state index is -0.177. The van der Waals surface area contributed by atoms with Gasteiger partial charge in [-0.25, -0.2) is 4.98 Å². The minimum absolute atomic E-state index is 0.00641. The van der Waals surface area contributed by atoms with Gasteiger partial charge < -0.3 is 5.32 Å². The molecule has 5 nitrogen and oxygen atoms in total. The highest BCUT2D eigenvalue weighted by molar-refractivity contribution is 7.98. The molecule has 1 aliphatic carbocycles. The van der Waals surface area contributed by atoms with E-state index in [4.69, 9.17) is 0 Å². The Labute approximate surface area is 145 Å². The van der Waals surface area contributed by atoms with Gasteiger partial charge in [-0.3, -0.25) is 14.2 Å². The quantitative estimate of drug-likeness (QED) is 0.668. The summed E-state index contributed by atoms with van der Waals surface area (Å²) in [6.45, 7) is 1.94. The maximum absolute atomic E-state index is 12.7. The van der Waals surface area contributed by atoms with Gasteiger partial charge in [0.05, 0.1) is 11.7 Å². The molecule has 2 aromatic rings. The summed E-state index contributed by atoms with van der Waals surface area (Å²) in [6, 6.07) is 9.67. The van der Waals surface area contributed by atoms with E-state index in [2.05, 4.69) is 10.3 Å². The van der Waals surface area contributed by atoms with Crippen molar-refractivity contribution in [1.82, 2.24) is 14.9 Å². The molecule has 6 heteroatoms. The Morgan fingerprint density at radius 3 is 2.79 bits per heavy atom. The van der Waals surface area contributed by atoms with Crippen LogP contribution in [0.25, 0.3) is 0 Å². The van der Waals surface area contributed by atoms with E-state index < -0.39 is 0 Å². The Morgan fingerprint density at radius 2 is 2.08 bits per heavy atom. The average molecular weight is 343 g/mol. The van der Waals surface area contributed by atoms with Crippen LogP contribution in [0, 0.1) is 0 Å². The van der Waals surface area contributed by atoms with E-state index in [1.54, 1.807) is 0 Å². The van der Waals surface area contributed by atoms with Crippen LogP contribution in [0.3, 0.4) is 0 Å². The zero-order valence-electron chi connectivity index (χ0n) is 13.9. The second-order valence-electron chi connectivity index (χ2n) is 5.97. The summed E-state index contributed by atoms with van der Waals surface area (Å²) >= 11 is 1.40. The van der Waals surface area contributed by atoms with Crippen LogP contribution >= 0.6 is 11.8 Å². The summed E-state index contributed by atoms with van der Waals surface area (Å²) in [5.74, 6) is -0.177. The number of hydrogen-bond acceptors (Lipinski definition) is 4. The second kappa shape index (κ2) is 7.21. The van der Waals surface area contributed by atoms with Gasteiger partial charge in [-0.2, -0.15) is 0 Å². The molecule has 0 saturated carbocycles. The van der Waals surface area contributed by atoms with Crippen LogP contribution in [0.5, 0.6) is 0 Å². The number of carbonyl (C=O) groups excluding carboxylic acids is 1. The normalized spacial score (nSPS) is 14.2. The number of thioether (sulfide) groups is 1. The highest BCUT2D eigenvalue weighted by Gasteiger charge is 2.22. The molecule has 1 aromatic heterocycles. The summed E-state index contributed by atoms with van der Waals surface area (Å²) in [5.41, 5.74) is 2.65. The summed E-state index contributed by atoms with van der Waals surface area (Å²) < 4.78 is 1.50. The molecule has 0 radical (unpaired) electrons. The van der Waals surface area contributed by atoms with Gasteiger partial charge in [-0.1, -0.05) is 42.1 Å². The third kappa shape index (κ3) is 3.38. The zero-order chi connectivity index (χ0) is 17.1. The van der Waals surface area contributed by atoms with E-state index in [0.29, 0.717) is 5.16 Å². The Hall–Kier alpha value is -2.08. The SMILES string of the molecule is CSc1nc2c(c(=O)n1CC(=O)N[C@H](C)c1ccccc1)CCC2. The highest BCUT2D eigenvalue weighted by atomic mass is 32.2. The maximum Gasteiger partial charge on any atom is 0.258 e. The fraction of sp³-hybridized carbons (Fsp3) is 0.389. The molecule has 0 unspecified atom stereocenters. The lowest BCUT2D eigenvalue weighted by molar-refractivity contribution is -0.122. The first kappa shape index (κ1) is 16.8. The smallest absolute Gasteiger partial charge is 0.258 e. The fourth-order valence-electron chi connectivity index (χ4n) is 3.06. The maximum atomic E-state index is 12.7. The molecule has 0 fully saturated rings. The summed E-state index contributed by atoms with van der Waals surface area (Å²) in [7, 11) is 0. The van der Waals surface area contributed by atoms with E-state index in [1.807, 2.05) is 43.5 Å². The van der Waals surface area contributed by atoms with Crippen molar-refractivity contribution in [3.05, 3.63) is 57.5 Å². The van der Waals surface area contributed by atoms with Gasteiger partial charge in [0.1, 0.15) is 6.54 Å². The van der Waals surface area contributed by atoms with Crippen LogP contribution in [0.2, 0.25) is 0 Å². The van der Waals surface area contributed by atoms with Gasteiger partial charge in [0, 0.05) is 5.56 Å². The molecule has 1 heterocycles. The second-order valence-corrected chi connectivity index (χ2v) is 6.74. The van der Waals surface area contributed by atoms with E-state index in [9.17, 15) is 9.59 Å². The lowest BCUT2D eigenvalue weighted by Crippen LogP contribution is -2.36. The molecule has 0 aliphatic heterocycles. The van der Waals surface area contributed by atoms with Crippen molar-refractivity contribution in [2.45, 2.75) is 43.9 Å². The molecule has 24 heavy (non-hydrogen) atoms. The number of hydrogen-bond donors (Lipinski definition) is 1. The van der Waals surface area contributed by atoms with Crippen molar-refractivity contribution in [2.24, 2.45) is 0 Å². The number of fused-ring (bicyclic) bond motifs is 1. The van der Waals surface area contributed by atoms with Crippen molar-refractivity contribution in [3.8, 4) is 0 Å². The van der Waals surface area contributed by atoms with Gasteiger partial charge in [0.2, 0.25) is 5.91 Å². The van der Waals surface area contributed by atoms with Crippen LogP contribution in [0.15, 0.2) is 40.3 Å². The molecule has 1 atom stereocenters. The third-order valence-corrected chi connectivity index (χ3v) is 4.99. The van der Waals surface area contributed by atoms with Gasteiger partial charge in [-0.15, -0.1) is 0 Å². The Morgan fingerprint density at radius 1 is 1.33 bits per heavy atom. The number of benzene rings is 1. The highest BCUT2D eigenvalue weighted by Crippen LogP contribution is 2.20. The number of rotatable bonds is 5. The van der Waals surface area contributed by atoms with Crippen LogP contribution in [0.4, 0.5) is 0 Å². The van der Waals surface area contributed by atoms with Crippen LogP contribution in [-0.4, -0.2) is 21.7 Å². The summed E-state index contributed by atoms with van der Waals surface area (Å²) in [5, 5.41) is 3.57. The number of nitrogens with one attached hydrogen (secondary N) is 1. The Balaban J connectivity index is 1.78. The predicted molar refractivity (Wildman–Crippen MR) is 95.3 cm³/mol. The van der Waals surface area contributed by atoms with Crippen molar-refractivity contribution in [1.29, 1.82) is 0 Å². The summed E-state index contributed by atoms with van der Waals surface area (Å²) in [4.78, 5) is 29.6. The minimum Gasteiger partial charge on any atom is -0.348 e. The lowest BCUT2D eigenvalue weighted by atomic mass is 10.1. The first-order valence-electron chi connectivity index (χ1n) is 8.11. The number of aryl methyl sites for hydroxylation is 1. The number of amides is 1. The molecule has 1 aliphatic rings. The molecular weight excluding hydrogens is 322 g/mol. The number of aromatic nitrogens is 2. The van der Waals surface area contributed by atoms with Gasteiger partial charge >= 0.3 is 0 Å².